The van der Waals surface area contributed by atoms with Crippen molar-refractivity contribution >= 4 is 19.8 Å². The van der Waals surface area contributed by atoms with Crippen LogP contribution >= 0.6 is 19.8 Å². The molecule has 0 fully saturated rings. The van der Waals surface area contributed by atoms with Gasteiger partial charge in [0.15, 0.2) is 0 Å². The van der Waals surface area contributed by atoms with Crippen molar-refractivity contribution < 1.29 is 0 Å². The molecule has 0 N–H and O–H groups in total. The summed E-state index contributed by atoms with van der Waals surface area (Å²) in [7, 11) is 0. The molecule has 10 heavy (non-hydrogen) atoms. The lowest BCUT2D eigenvalue weighted by Gasteiger charge is -1.48. The van der Waals surface area contributed by atoms with Gasteiger partial charge in [-0.2, -0.15) is 19.8 Å². The van der Waals surface area contributed by atoms with Crippen molar-refractivity contribution in [1.82, 2.24) is 0 Å². The predicted molar refractivity (Wildman–Crippen MR) is 65.5 cm³/mol. The van der Waals surface area contributed by atoms with Gasteiger partial charge in [0.05, 0.1) is 0 Å². The number of rotatable bonds is 0. The Kier molecular flexibility index (Phi) is 291. The van der Waals surface area contributed by atoms with Crippen LogP contribution in [0.4, 0.5) is 0 Å². The highest BCUT2D eigenvalue weighted by Gasteiger charge is 1.36. The highest BCUT2D eigenvalue weighted by Crippen LogP contribution is 1.56. The molecule has 0 aliphatic heterocycles. The fraction of sp³-hybridized carbons (Fsp3) is 1.00. The third-order valence-electron chi connectivity index (χ3n) is 0. The van der Waals surface area contributed by atoms with Crippen molar-refractivity contribution in [2.24, 2.45) is 0 Å². The summed E-state index contributed by atoms with van der Waals surface area (Å²) in [6.07, 6.45) is 2.50. The Labute approximate surface area is 74.8 Å². The molecule has 0 bridgehead atoms. The van der Waals surface area contributed by atoms with Gasteiger partial charge in [-0.05, 0) is 0 Å². The van der Waals surface area contributed by atoms with Crippen LogP contribution in [0.5, 0.6) is 0 Å². The molecular formula is C8H28P2. The number of hydrogen-bond acceptors (Lipinski definition) is 0. The van der Waals surface area contributed by atoms with E-state index in [1.165, 1.54) is 12.8 Å². The minimum atomic E-state index is 0. The Morgan fingerprint density at radius 1 is 0.600 bits per heavy atom. The third kappa shape index (κ3) is 740. The lowest BCUT2D eigenvalue weighted by Crippen LogP contribution is -1.27. The Hall–Kier alpha value is 0.860. The quantitative estimate of drug-likeness (QED) is 0.502. The van der Waals surface area contributed by atoms with Crippen LogP contribution in [0.25, 0.3) is 0 Å². The van der Waals surface area contributed by atoms with E-state index >= 15 is 0 Å². The van der Waals surface area contributed by atoms with Crippen molar-refractivity contribution in [3.8, 4) is 0 Å². The van der Waals surface area contributed by atoms with E-state index in [-0.39, 0.29) is 19.8 Å². The molecule has 0 amide bonds. The maximum absolute atomic E-state index is 2.12. The molecule has 0 saturated heterocycles. The first-order valence-corrected chi connectivity index (χ1v) is 3.83. The summed E-state index contributed by atoms with van der Waals surface area (Å²) < 4.78 is 0. The van der Waals surface area contributed by atoms with Gasteiger partial charge in [0.1, 0.15) is 0 Å². The first-order chi connectivity index (χ1) is 3.83. The van der Waals surface area contributed by atoms with Gasteiger partial charge in [-0.25, -0.2) is 0 Å². The molecule has 2 heteroatoms. The van der Waals surface area contributed by atoms with Crippen LogP contribution in [0.1, 0.15) is 54.4 Å². The second-order valence-corrected chi connectivity index (χ2v) is 1.41. The standard InChI is InChI=1S/2C3H8.C2H6.2H3P/c2*1-3-2;1-2;;/h2*3H2,1-2H3;1-2H3;2*1H3. The van der Waals surface area contributed by atoms with Crippen LogP contribution in [0.2, 0.25) is 0 Å². The molecular weight excluding hydrogens is 158 g/mol. The molecule has 0 aliphatic rings. The molecule has 0 aromatic heterocycles. The van der Waals surface area contributed by atoms with Crippen molar-refractivity contribution in [1.29, 1.82) is 0 Å². The summed E-state index contributed by atoms with van der Waals surface area (Å²) in [5.41, 5.74) is 0. The second kappa shape index (κ2) is 94.6. The topological polar surface area (TPSA) is 0 Å². The zero-order chi connectivity index (χ0) is 7.41. The van der Waals surface area contributed by atoms with E-state index in [4.69, 9.17) is 0 Å². The molecule has 0 spiro atoms. The van der Waals surface area contributed by atoms with Gasteiger partial charge in [0.25, 0.3) is 0 Å². The van der Waals surface area contributed by atoms with E-state index in [1.807, 2.05) is 13.8 Å². The molecule has 0 heterocycles. The maximum Gasteiger partial charge on any atom is -0.0590 e. The van der Waals surface area contributed by atoms with E-state index in [0.717, 1.165) is 0 Å². The molecule has 2 unspecified atom stereocenters. The molecule has 2 atom stereocenters. The first kappa shape index (κ1) is 30.7. The molecule has 0 radical (unpaired) electrons. The van der Waals surface area contributed by atoms with Crippen LogP contribution in [-0.2, 0) is 0 Å². The molecule has 0 saturated carbocycles. The summed E-state index contributed by atoms with van der Waals surface area (Å²) in [6, 6.07) is 0. The minimum absolute atomic E-state index is 0. The van der Waals surface area contributed by atoms with Crippen LogP contribution < -0.4 is 0 Å². The molecule has 0 aromatic carbocycles. The summed E-state index contributed by atoms with van der Waals surface area (Å²) in [6.45, 7) is 12.5. The molecule has 0 aliphatic carbocycles. The van der Waals surface area contributed by atoms with Crippen LogP contribution in [-0.4, -0.2) is 0 Å². The summed E-state index contributed by atoms with van der Waals surface area (Å²) >= 11 is 0. The highest BCUT2D eigenvalue weighted by atomic mass is 31.0. The third-order valence-corrected chi connectivity index (χ3v) is 0. The zero-order valence-electron chi connectivity index (χ0n) is 8.83. The van der Waals surface area contributed by atoms with Gasteiger partial charge in [0, 0.05) is 0 Å². The second-order valence-electron chi connectivity index (χ2n) is 1.41. The molecule has 70 valence electrons. The molecule has 0 nitrogen and oxygen atoms in total. The van der Waals surface area contributed by atoms with E-state index in [1.54, 1.807) is 0 Å². The Bertz CT molecular complexity index is 9.22. The monoisotopic (exact) mass is 186 g/mol. The molecule has 0 aromatic rings. The fourth-order valence-electron chi connectivity index (χ4n) is 0. The average Bonchev–Trinajstić information content (AvgIpc) is 1.75. The van der Waals surface area contributed by atoms with Crippen LogP contribution in [0, 0.1) is 0 Å². The van der Waals surface area contributed by atoms with Gasteiger partial charge in [-0.3, -0.25) is 0 Å². The highest BCUT2D eigenvalue weighted by molar-refractivity contribution is 6.92. The largest absolute Gasteiger partial charge is 0.153 e. The average molecular weight is 186 g/mol. The maximum atomic E-state index is 2.12. The Morgan fingerprint density at radius 3 is 0.600 bits per heavy atom. The summed E-state index contributed by atoms with van der Waals surface area (Å²) in [5, 5.41) is 0. The smallest absolute Gasteiger partial charge is 0.0590 e. The summed E-state index contributed by atoms with van der Waals surface area (Å²) in [4.78, 5) is 0. The lowest BCUT2D eigenvalue weighted by molar-refractivity contribution is 1.09. The van der Waals surface area contributed by atoms with Crippen molar-refractivity contribution in [3.05, 3.63) is 0 Å². The van der Waals surface area contributed by atoms with Crippen LogP contribution in [0.15, 0.2) is 0 Å². The van der Waals surface area contributed by atoms with Gasteiger partial charge in [-0.15, -0.1) is 0 Å². The van der Waals surface area contributed by atoms with Crippen LogP contribution in [0.3, 0.4) is 0 Å². The van der Waals surface area contributed by atoms with Crippen molar-refractivity contribution in [2.45, 2.75) is 54.4 Å². The van der Waals surface area contributed by atoms with Gasteiger partial charge in [-0.1, -0.05) is 54.4 Å². The number of hydrogen-bond donors (Lipinski definition) is 0. The predicted octanol–water partition coefficient (Wildman–Crippen LogP) is 3.98. The minimum Gasteiger partial charge on any atom is -0.153 e. The Balaban J connectivity index is -0.0000000116. The van der Waals surface area contributed by atoms with E-state index in [0.29, 0.717) is 0 Å². The summed E-state index contributed by atoms with van der Waals surface area (Å²) in [5.74, 6) is 0. The first-order valence-electron chi connectivity index (χ1n) is 3.83. The van der Waals surface area contributed by atoms with Crippen molar-refractivity contribution in [2.75, 3.05) is 0 Å². The van der Waals surface area contributed by atoms with Crippen molar-refractivity contribution in [3.63, 3.8) is 0 Å². The van der Waals surface area contributed by atoms with E-state index in [9.17, 15) is 0 Å². The SMILES string of the molecule is CC.CCC.CCC.P.P. The zero-order valence-corrected chi connectivity index (χ0v) is 11.7. The van der Waals surface area contributed by atoms with E-state index in [2.05, 4.69) is 27.7 Å². The van der Waals surface area contributed by atoms with Gasteiger partial charge in [0.2, 0.25) is 0 Å². The molecule has 0 rings (SSSR count). The fourth-order valence-corrected chi connectivity index (χ4v) is 0. The normalized spacial score (nSPS) is 4.20. The lowest BCUT2D eigenvalue weighted by atomic mass is 10.6. The van der Waals surface area contributed by atoms with E-state index < -0.39 is 0 Å². The Morgan fingerprint density at radius 2 is 0.600 bits per heavy atom. The van der Waals surface area contributed by atoms with Gasteiger partial charge >= 0.3 is 0 Å². The van der Waals surface area contributed by atoms with Gasteiger partial charge < -0.3 is 0 Å².